The second-order valence-electron chi connectivity index (χ2n) is 4.75. The molecule has 1 heterocycles. The number of aliphatic carboxylic acids is 1. The number of hydrogen-bond acceptors (Lipinski definition) is 2. The van der Waals surface area contributed by atoms with Gasteiger partial charge in [0.05, 0.1) is 0 Å². The fourth-order valence-electron chi connectivity index (χ4n) is 2.33. The van der Waals surface area contributed by atoms with Gasteiger partial charge in [-0.25, -0.2) is 4.79 Å². The van der Waals surface area contributed by atoms with E-state index in [1.54, 1.807) is 4.90 Å². The molecule has 1 aliphatic heterocycles. The van der Waals surface area contributed by atoms with Crippen LogP contribution in [0.15, 0.2) is 0 Å². The molecular formula is C12H22N2O3. The molecule has 0 radical (unpaired) electrons. The highest BCUT2D eigenvalue weighted by atomic mass is 16.4. The summed E-state index contributed by atoms with van der Waals surface area (Å²) < 4.78 is 0. The highest BCUT2D eigenvalue weighted by molar-refractivity contribution is 5.79. The van der Waals surface area contributed by atoms with E-state index in [2.05, 4.69) is 6.92 Å². The van der Waals surface area contributed by atoms with Gasteiger partial charge in [-0.15, -0.1) is 0 Å². The first-order valence-electron chi connectivity index (χ1n) is 6.26. The molecule has 0 atom stereocenters. The van der Waals surface area contributed by atoms with Crippen molar-refractivity contribution in [1.29, 1.82) is 0 Å². The lowest BCUT2D eigenvalue weighted by atomic mass is 9.93. The molecule has 17 heavy (non-hydrogen) atoms. The average Bonchev–Trinajstić information content (AvgIpc) is 2.28. The molecule has 2 amide bonds. The number of carboxylic acids is 1. The molecule has 5 nitrogen and oxygen atoms in total. The SMILES string of the molecule is CCCC1CCN(C(=O)N(C)CC(=O)O)CC1. The van der Waals surface area contributed by atoms with Crippen molar-refractivity contribution >= 4 is 12.0 Å². The number of rotatable bonds is 4. The number of hydrogen-bond donors (Lipinski definition) is 1. The van der Waals surface area contributed by atoms with Crippen LogP contribution in [-0.2, 0) is 4.79 Å². The molecule has 1 rings (SSSR count). The second kappa shape index (κ2) is 6.47. The molecule has 1 N–H and O–H groups in total. The van der Waals surface area contributed by atoms with Gasteiger partial charge in [-0.2, -0.15) is 0 Å². The zero-order valence-corrected chi connectivity index (χ0v) is 10.7. The fraction of sp³-hybridized carbons (Fsp3) is 0.833. The number of carbonyl (C=O) groups is 2. The first-order chi connectivity index (χ1) is 8.04. The fourth-order valence-corrected chi connectivity index (χ4v) is 2.33. The molecule has 0 aliphatic carbocycles. The number of piperidine rings is 1. The van der Waals surface area contributed by atoms with Gasteiger partial charge in [-0.05, 0) is 18.8 Å². The topological polar surface area (TPSA) is 60.9 Å². The number of likely N-dealkylation sites (N-methyl/N-ethyl adjacent to an activating group) is 1. The molecule has 5 heteroatoms. The van der Waals surface area contributed by atoms with Crippen LogP contribution in [0.1, 0.15) is 32.6 Å². The minimum Gasteiger partial charge on any atom is -0.480 e. The van der Waals surface area contributed by atoms with Crippen LogP contribution in [-0.4, -0.2) is 53.6 Å². The summed E-state index contributed by atoms with van der Waals surface area (Å²) in [5.74, 6) is -0.240. The number of urea groups is 1. The number of nitrogens with zero attached hydrogens (tertiary/aromatic N) is 2. The molecule has 0 bridgehead atoms. The van der Waals surface area contributed by atoms with E-state index in [-0.39, 0.29) is 12.6 Å². The van der Waals surface area contributed by atoms with E-state index in [0.717, 1.165) is 31.8 Å². The number of carbonyl (C=O) groups excluding carboxylic acids is 1. The van der Waals surface area contributed by atoms with Gasteiger partial charge in [-0.3, -0.25) is 4.79 Å². The predicted octanol–water partition coefficient (Wildman–Crippen LogP) is 1.63. The highest BCUT2D eigenvalue weighted by Gasteiger charge is 2.24. The first kappa shape index (κ1) is 13.8. The monoisotopic (exact) mass is 242 g/mol. The van der Waals surface area contributed by atoms with Gasteiger partial charge in [0.2, 0.25) is 0 Å². The molecule has 0 unspecified atom stereocenters. The maximum absolute atomic E-state index is 11.9. The van der Waals surface area contributed by atoms with Crippen LogP contribution < -0.4 is 0 Å². The Hall–Kier alpha value is -1.26. The minimum absolute atomic E-state index is 0.164. The Bertz CT molecular complexity index is 273. The van der Waals surface area contributed by atoms with E-state index in [1.165, 1.54) is 24.8 Å². The quantitative estimate of drug-likeness (QED) is 0.815. The van der Waals surface area contributed by atoms with Crippen LogP contribution in [0.25, 0.3) is 0 Å². The summed E-state index contributed by atoms with van der Waals surface area (Å²) in [6.45, 7) is 3.47. The van der Waals surface area contributed by atoms with Gasteiger partial charge in [0.25, 0.3) is 0 Å². The molecule has 0 spiro atoms. The maximum Gasteiger partial charge on any atom is 0.323 e. The standard InChI is InChI=1S/C12H22N2O3/c1-3-4-10-5-7-14(8-6-10)12(17)13(2)9-11(15)16/h10H,3-9H2,1-2H3,(H,15,16). The van der Waals surface area contributed by atoms with Crippen molar-refractivity contribution < 1.29 is 14.7 Å². The van der Waals surface area contributed by atoms with Crippen molar-refractivity contribution in [2.45, 2.75) is 32.6 Å². The van der Waals surface area contributed by atoms with Gasteiger partial charge in [0, 0.05) is 20.1 Å². The average molecular weight is 242 g/mol. The van der Waals surface area contributed by atoms with Gasteiger partial charge < -0.3 is 14.9 Å². The second-order valence-corrected chi connectivity index (χ2v) is 4.75. The predicted molar refractivity (Wildman–Crippen MR) is 64.9 cm³/mol. The largest absolute Gasteiger partial charge is 0.480 e. The van der Waals surface area contributed by atoms with Crippen molar-refractivity contribution in [3.8, 4) is 0 Å². The molecule has 0 aromatic rings. The summed E-state index contributed by atoms with van der Waals surface area (Å²) in [6.07, 6.45) is 4.51. The third-order valence-electron chi connectivity index (χ3n) is 3.28. The van der Waals surface area contributed by atoms with Crippen molar-refractivity contribution in [2.24, 2.45) is 5.92 Å². The summed E-state index contributed by atoms with van der Waals surface area (Å²) >= 11 is 0. The third-order valence-corrected chi connectivity index (χ3v) is 3.28. The van der Waals surface area contributed by atoms with Gasteiger partial charge in [0.15, 0.2) is 0 Å². The summed E-state index contributed by atoms with van der Waals surface area (Å²) in [7, 11) is 1.54. The molecule has 1 saturated heterocycles. The number of likely N-dealkylation sites (tertiary alicyclic amines) is 1. The van der Waals surface area contributed by atoms with Crippen molar-refractivity contribution in [1.82, 2.24) is 9.80 Å². The molecule has 0 aromatic heterocycles. The summed E-state index contributed by atoms with van der Waals surface area (Å²) in [6, 6.07) is -0.164. The Morgan fingerprint density at radius 3 is 2.41 bits per heavy atom. The van der Waals surface area contributed by atoms with E-state index < -0.39 is 5.97 Å². The van der Waals surface area contributed by atoms with Crippen LogP contribution in [0.4, 0.5) is 4.79 Å². The smallest absolute Gasteiger partial charge is 0.323 e. The Morgan fingerprint density at radius 1 is 1.35 bits per heavy atom. The van der Waals surface area contributed by atoms with E-state index >= 15 is 0 Å². The summed E-state index contributed by atoms with van der Waals surface area (Å²) in [5, 5.41) is 8.63. The van der Waals surface area contributed by atoms with Crippen LogP contribution in [0.2, 0.25) is 0 Å². The van der Waals surface area contributed by atoms with Crippen LogP contribution in [0, 0.1) is 5.92 Å². The van der Waals surface area contributed by atoms with Gasteiger partial charge in [0.1, 0.15) is 6.54 Å². The maximum atomic E-state index is 11.9. The Labute approximate surface area is 102 Å². The lowest BCUT2D eigenvalue weighted by molar-refractivity contribution is -0.137. The van der Waals surface area contributed by atoms with E-state index in [4.69, 9.17) is 5.11 Å². The van der Waals surface area contributed by atoms with Crippen LogP contribution in [0.3, 0.4) is 0 Å². The number of carboxylic acid groups (broad SMARTS) is 1. The van der Waals surface area contributed by atoms with Crippen molar-refractivity contribution in [3.63, 3.8) is 0 Å². The van der Waals surface area contributed by atoms with Gasteiger partial charge >= 0.3 is 12.0 Å². The Kier molecular flexibility index (Phi) is 5.25. The molecule has 98 valence electrons. The Balaban J connectivity index is 2.37. The van der Waals surface area contributed by atoms with Crippen molar-refractivity contribution in [3.05, 3.63) is 0 Å². The first-order valence-corrected chi connectivity index (χ1v) is 6.26. The normalized spacial score (nSPS) is 16.9. The third kappa shape index (κ3) is 4.24. The van der Waals surface area contributed by atoms with E-state index in [0.29, 0.717) is 0 Å². The molecule has 0 saturated carbocycles. The molecular weight excluding hydrogens is 220 g/mol. The zero-order chi connectivity index (χ0) is 12.8. The minimum atomic E-state index is -0.971. The number of amides is 2. The van der Waals surface area contributed by atoms with E-state index in [1.807, 2.05) is 0 Å². The zero-order valence-electron chi connectivity index (χ0n) is 10.7. The lowest BCUT2D eigenvalue weighted by Crippen LogP contribution is -2.46. The Morgan fingerprint density at radius 2 is 1.94 bits per heavy atom. The summed E-state index contributed by atoms with van der Waals surface area (Å²) in [5.41, 5.74) is 0. The highest BCUT2D eigenvalue weighted by Crippen LogP contribution is 2.22. The molecule has 1 aliphatic rings. The van der Waals surface area contributed by atoms with Crippen LogP contribution >= 0.6 is 0 Å². The van der Waals surface area contributed by atoms with Crippen molar-refractivity contribution in [2.75, 3.05) is 26.7 Å². The summed E-state index contributed by atoms with van der Waals surface area (Å²) in [4.78, 5) is 25.4. The molecule has 0 aromatic carbocycles. The van der Waals surface area contributed by atoms with E-state index in [9.17, 15) is 9.59 Å². The lowest BCUT2D eigenvalue weighted by Gasteiger charge is -2.34. The van der Waals surface area contributed by atoms with Gasteiger partial charge in [-0.1, -0.05) is 19.8 Å². The van der Waals surface area contributed by atoms with Crippen LogP contribution in [0.5, 0.6) is 0 Å². The molecule has 1 fully saturated rings.